The summed E-state index contributed by atoms with van der Waals surface area (Å²) < 4.78 is 24.0. The number of hydrogen-bond acceptors (Lipinski definition) is 9. The summed E-state index contributed by atoms with van der Waals surface area (Å²) in [5.41, 5.74) is 0.864. The van der Waals surface area contributed by atoms with Gasteiger partial charge in [0.2, 0.25) is 5.91 Å². The second kappa shape index (κ2) is 14.6. The van der Waals surface area contributed by atoms with Gasteiger partial charge in [-0.05, 0) is 33.1 Å². The number of piperazine rings is 1. The van der Waals surface area contributed by atoms with E-state index in [0.717, 1.165) is 31.5 Å². The third-order valence-electron chi connectivity index (χ3n) is 7.22. The number of carbonyl (C=O) groups excluding carboxylic acids is 2. The first kappa shape index (κ1) is 31.4. The Morgan fingerprint density at radius 1 is 0.952 bits per heavy atom. The molecular formula is C28H39N6O7P. The second-order valence-electron chi connectivity index (χ2n) is 10.1. The Morgan fingerprint density at radius 2 is 1.57 bits per heavy atom. The van der Waals surface area contributed by atoms with E-state index in [2.05, 4.69) is 15.2 Å². The fourth-order valence-corrected chi connectivity index (χ4v) is 6.74. The van der Waals surface area contributed by atoms with Crippen LogP contribution in [0.3, 0.4) is 0 Å². The van der Waals surface area contributed by atoms with Crippen molar-refractivity contribution in [2.75, 3.05) is 63.5 Å². The van der Waals surface area contributed by atoms with E-state index in [1.54, 1.807) is 19.9 Å². The second-order valence-corrected chi connectivity index (χ2v) is 12.3. The number of carbonyl (C=O) groups is 3. The van der Waals surface area contributed by atoms with Crippen LogP contribution in [0.4, 0.5) is 10.6 Å². The Balaban J connectivity index is 1.60. The molecule has 0 saturated carbocycles. The first-order valence-electron chi connectivity index (χ1n) is 14.4. The van der Waals surface area contributed by atoms with Crippen LogP contribution in [0.15, 0.2) is 36.4 Å². The summed E-state index contributed by atoms with van der Waals surface area (Å²) in [5.74, 6) is 0.0663. The van der Waals surface area contributed by atoms with E-state index in [4.69, 9.17) is 14.0 Å². The van der Waals surface area contributed by atoms with Crippen molar-refractivity contribution in [3.05, 3.63) is 42.1 Å². The molecule has 0 spiro atoms. The summed E-state index contributed by atoms with van der Waals surface area (Å²) in [7, 11) is -3.50. The zero-order chi connectivity index (χ0) is 30.1. The van der Waals surface area contributed by atoms with Crippen LogP contribution in [0.5, 0.6) is 0 Å². The fraction of sp³-hybridized carbons (Fsp3) is 0.536. The van der Waals surface area contributed by atoms with Crippen molar-refractivity contribution in [1.29, 1.82) is 0 Å². The average Bonchev–Trinajstić information content (AvgIpc) is 3.55. The van der Waals surface area contributed by atoms with E-state index in [0.29, 0.717) is 11.6 Å². The summed E-state index contributed by atoms with van der Waals surface area (Å²) in [6.07, 6.45) is 0.915. The molecular weight excluding hydrogens is 563 g/mol. The third-order valence-corrected chi connectivity index (χ3v) is 9.32. The van der Waals surface area contributed by atoms with Gasteiger partial charge in [0.05, 0.1) is 19.4 Å². The molecule has 4 rings (SSSR count). The average molecular weight is 603 g/mol. The zero-order valence-electron chi connectivity index (χ0n) is 24.1. The highest BCUT2D eigenvalue weighted by Crippen LogP contribution is 2.48. The monoisotopic (exact) mass is 602 g/mol. The minimum Gasteiger partial charge on any atom is -0.465 e. The van der Waals surface area contributed by atoms with Gasteiger partial charge in [0.25, 0.3) is 5.91 Å². The Hall–Kier alpha value is -3.54. The maximum absolute atomic E-state index is 13.7. The number of aromatic nitrogens is 2. The van der Waals surface area contributed by atoms with Crippen molar-refractivity contribution in [3.8, 4) is 11.4 Å². The van der Waals surface area contributed by atoms with E-state index in [1.165, 1.54) is 9.80 Å². The van der Waals surface area contributed by atoms with Crippen molar-refractivity contribution >= 4 is 31.3 Å². The van der Waals surface area contributed by atoms with Crippen molar-refractivity contribution < 1.29 is 33.1 Å². The SMILES string of the molecule is CCOP(=O)(CC[C@H](NC(=O)c1cc(N2CCCC2)nc(-c2ccccc2)n1)C(=O)N1CCN(C(=O)O)CC1)OCC. The van der Waals surface area contributed by atoms with Crippen LogP contribution in [0, 0.1) is 0 Å². The molecule has 0 unspecified atom stereocenters. The van der Waals surface area contributed by atoms with Crippen LogP contribution in [0.1, 0.15) is 43.6 Å². The van der Waals surface area contributed by atoms with Gasteiger partial charge in [-0.3, -0.25) is 14.2 Å². The highest BCUT2D eigenvalue weighted by molar-refractivity contribution is 7.53. The lowest BCUT2D eigenvalue weighted by atomic mass is 10.1. The van der Waals surface area contributed by atoms with Gasteiger partial charge in [-0.25, -0.2) is 14.8 Å². The number of hydrogen-bond donors (Lipinski definition) is 2. The van der Waals surface area contributed by atoms with Crippen LogP contribution in [-0.2, 0) is 18.4 Å². The molecule has 228 valence electrons. The van der Waals surface area contributed by atoms with Crippen molar-refractivity contribution in [3.63, 3.8) is 0 Å². The minimum absolute atomic E-state index is 0.00337. The Labute approximate surface area is 245 Å². The van der Waals surface area contributed by atoms with Gasteiger partial charge < -0.3 is 34.2 Å². The molecule has 0 radical (unpaired) electrons. The molecule has 2 aromatic rings. The summed E-state index contributed by atoms with van der Waals surface area (Å²) in [6.45, 7) is 6.05. The Kier molecular flexibility index (Phi) is 10.9. The summed E-state index contributed by atoms with van der Waals surface area (Å²) >= 11 is 0. The quantitative estimate of drug-likeness (QED) is 0.346. The van der Waals surface area contributed by atoms with Gasteiger partial charge in [0.15, 0.2) is 5.82 Å². The van der Waals surface area contributed by atoms with E-state index in [-0.39, 0.29) is 57.7 Å². The molecule has 2 N–H and O–H groups in total. The van der Waals surface area contributed by atoms with Gasteiger partial charge >= 0.3 is 13.7 Å². The number of anilines is 1. The van der Waals surface area contributed by atoms with Gasteiger partial charge in [0.1, 0.15) is 17.6 Å². The highest BCUT2D eigenvalue weighted by Gasteiger charge is 2.34. The summed E-state index contributed by atoms with van der Waals surface area (Å²) in [6, 6.07) is 9.93. The lowest BCUT2D eigenvalue weighted by Crippen LogP contribution is -2.56. The molecule has 2 saturated heterocycles. The van der Waals surface area contributed by atoms with Crippen molar-refractivity contribution in [1.82, 2.24) is 25.1 Å². The number of benzene rings is 1. The van der Waals surface area contributed by atoms with Crippen LogP contribution in [0.2, 0.25) is 0 Å². The molecule has 0 aliphatic carbocycles. The standard InChI is InChI=1S/C28H39N6O7P/c1-3-40-42(39,41-4-2)19-12-22(27(36)33-15-17-34(18-16-33)28(37)38)30-26(35)23-20-24(32-13-8-9-14-32)31-25(29-23)21-10-6-5-7-11-21/h5-7,10-11,20,22H,3-4,8-9,12-19H2,1-2H3,(H,30,35)(H,37,38)/t22-/m0/s1. The van der Waals surface area contributed by atoms with Crippen molar-refractivity contribution in [2.24, 2.45) is 0 Å². The smallest absolute Gasteiger partial charge is 0.407 e. The van der Waals surface area contributed by atoms with Crippen molar-refractivity contribution in [2.45, 2.75) is 39.2 Å². The first-order chi connectivity index (χ1) is 20.2. The molecule has 2 aliphatic rings. The van der Waals surface area contributed by atoms with Crippen LogP contribution >= 0.6 is 7.60 Å². The molecule has 42 heavy (non-hydrogen) atoms. The zero-order valence-corrected chi connectivity index (χ0v) is 25.0. The topological polar surface area (TPSA) is 154 Å². The molecule has 14 heteroatoms. The molecule has 3 heterocycles. The molecule has 2 aliphatic heterocycles. The fourth-order valence-electron chi connectivity index (χ4n) is 5.05. The molecule has 13 nitrogen and oxygen atoms in total. The molecule has 3 amide bonds. The van der Waals surface area contributed by atoms with E-state index in [1.807, 2.05) is 30.3 Å². The number of carboxylic acid groups (broad SMARTS) is 1. The summed E-state index contributed by atoms with van der Waals surface area (Å²) in [4.78, 5) is 52.9. The van der Waals surface area contributed by atoms with Crippen LogP contribution in [-0.4, -0.2) is 107 Å². The number of rotatable bonds is 12. The summed E-state index contributed by atoms with van der Waals surface area (Å²) in [5, 5.41) is 12.1. The predicted octanol–water partition coefficient (Wildman–Crippen LogP) is 3.32. The molecule has 2 fully saturated rings. The Bertz CT molecular complexity index is 1270. The van der Waals surface area contributed by atoms with Gasteiger partial charge in [0, 0.05) is 50.9 Å². The molecule has 1 aromatic carbocycles. The van der Waals surface area contributed by atoms with Crippen LogP contribution in [0.25, 0.3) is 11.4 Å². The van der Waals surface area contributed by atoms with Gasteiger partial charge in [-0.15, -0.1) is 0 Å². The molecule has 1 atom stereocenters. The van der Waals surface area contributed by atoms with E-state index in [9.17, 15) is 24.1 Å². The first-order valence-corrected chi connectivity index (χ1v) is 16.1. The maximum atomic E-state index is 13.7. The van der Waals surface area contributed by atoms with Gasteiger partial charge in [-0.2, -0.15) is 0 Å². The maximum Gasteiger partial charge on any atom is 0.407 e. The third kappa shape index (κ3) is 8.05. The van der Waals surface area contributed by atoms with E-state index < -0.39 is 31.5 Å². The minimum atomic E-state index is -3.50. The Morgan fingerprint density at radius 3 is 2.17 bits per heavy atom. The predicted molar refractivity (Wildman–Crippen MR) is 157 cm³/mol. The highest BCUT2D eigenvalue weighted by atomic mass is 31.2. The van der Waals surface area contributed by atoms with Gasteiger partial charge in [-0.1, -0.05) is 30.3 Å². The number of nitrogens with zero attached hydrogens (tertiary/aromatic N) is 5. The lowest BCUT2D eigenvalue weighted by molar-refractivity contribution is -0.134. The van der Waals surface area contributed by atoms with E-state index >= 15 is 0 Å². The largest absolute Gasteiger partial charge is 0.465 e. The lowest BCUT2D eigenvalue weighted by Gasteiger charge is -2.35. The molecule has 0 bridgehead atoms. The normalized spacial score (nSPS) is 16.4. The number of nitrogens with one attached hydrogen (secondary N) is 1. The number of amides is 3. The van der Waals surface area contributed by atoms with Crippen LogP contribution < -0.4 is 10.2 Å². The molecule has 1 aromatic heterocycles.